The van der Waals surface area contributed by atoms with Gasteiger partial charge >= 0.3 is 5.97 Å². The first kappa shape index (κ1) is 18.3. The maximum absolute atomic E-state index is 11.6. The molecule has 0 spiro atoms. The van der Waals surface area contributed by atoms with E-state index in [1.807, 2.05) is 0 Å². The monoisotopic (exact) mass is 337 g/mol. The number of hydrogen-bond acceptors (Lipinski definition) is 6. The zero-order valence-corrected chi connectivity index (χ0v) is 13.9. The third-order valence-corrected chi connectivity index (χ3v) is 6.53. The predicted molar refractivity (Wildman–Crippen MR) is 83.0 cm³/mol. The Bertz CT molecular complexity index is 449. The average Bonchev–Trinajstić information content (AvgIpc) is 2.79. The molecule has 1 N–H and O–H groups in total. The Morgan fingerprint density at radius 3 is 2.67 bits per heavy atom. The summed E-state index contributed by atoms with van der Waals surface area (Å²) in [4.78, 5) is 22.5. The summed E-state index contributed by atoms with van der Waals surface area (Å²) >= 11 is 1.42. The highest BCUT2D eigenvalue weighted by atomic mass is 32.2. The summed E-state index contributed by atoms with van der Waals surface area (Å²) in [6.45, 7) is 0.587. The van der Waals surface area contributed by atoms with Crippen molar-refractivity contribution in [2.75, 3.05) is 30.9 Å². The number of sulfone groups is 1. The summed E-state index contributed by atoms with van der Waals surface area (Å²) < 4.78 is 27.1. The van der Waals surface area contributed by atoms with Gasteiger partial charge in [0.05, 0.1) is 24.4 Å². The lowest BCUT2D eigenvalue weighted by atomic mass is 10.2. The van der Waals surface area contributed by atoms with Crippen molar-refractivity contribution < 1.29 is 22.7 Å². The second-order valence-electron chi connectivity index (χ2n) is 5.07. The first-order valence-corrected chi connectivity index (χ1v) is 9.95. The number of unbranched alkanes of at least 4 members (excludes halogenated alkanes) is 2. The topological polar surface area (TPSA) is 89.5 Å². The summed E-state index contributed by atoms with van der Waals surface area (Å²) in [6.07, 6.45) is 3.51. The number of thioether (sulfide) groups is 1. The van der Waals surface area contributed by atoms with E-state index in [0.717, 1.165) is 19.3 Å². The number of methoxy groups -OCH3 is 1. The molecule has 1 atom stereocenters. The molecule has 21 heavy (non-hydrogen) atoms. The van der Waals surface area contributed by atoms with Gasteiger partial charge in [0.15, 0.2) is 9.84 Å². The fourth-order valence-electron chi connectivity index (χ4n) is 2.04. The second-order valence-corrected chi connectivity index (χ2v) is 8.59. The van der Waals surface area contributed by atoms with E-state index in [-0.39, 0.29) is 28.6 Å². The van der Waals surface area contributed by atoms with Crippen molar-refractivity contribution in [3.8, 4) is 0 Å². The molecule has 1 aliphatic heterocycles. The van der Waals surface area contributed by atoms with Crippen LogP contribution in [0.25, 0.3) is 0 Å². The van der Waals surface area contributed by atoms with Crippen LogP contribution >= 0.6 is 11.8 Å². The summed E-state index contributed by atoms with van der Waals surface area (Å²) in [7, 11) is -1.50. The third-order valence-electron chi connectivity index (χ3n) is 3.25. The van der Waals surface area contributed by atoms with E-state index in [9.17, 15) is 18.0 Å². The van der Waals surface area contributed by atoms with Crippen LogP contribution in [0.15, 0.2) is 0 Å². The number of esters is 1. The van der Waals surface area contributed by atoms with E-state index in [1.165, 1.54) is 18.9 Å². The van der Waals surface area contributed by atoms with E-state index in [2.05, 4.69) is 10.1 Å². The fourth-order valence-corrected chi connectivity index (χ4v) is 5.51. The highest BCUT2D eigenvalue weighted by molar-refractivity contribution is 8.02. The number of rotatable bonds is 9. The van der Waals surface area contributed by atoms with Crippen LogP contribution in [0.2, 0.25) is 0 Å². The summed E-state index contributed by atoms with van der Waals surface area (Å²) in [5.41, 5.74) is 0. The minimum Gasteiger partial charge on any atom is -0.469 e. The number of ether oxygens (including phenoxy) is 1. The van der Waals surface area contributed by atoms with Gasteiger partial charge in [-0.15, -0.1) is 11.8 Å². The normalized spacial score (nSPS) is 20.1. The molecule has 0 aromatic heterocycles. The van der Waals surface area contributed by atoms with Crippen LogP contribution in [0.5, 0.6) is 0 Å². The largest absolute Gasteiger partial charge is 0.469 e. The molecule has 0 aromatic carbocycles. The van der Waals surface area contributed by atoms with E-state index in [0.29, 0.717) is 25.1 Å². The van der Waals surface area contributed by atoms with Crippen molar-refractivity contribution in [1.29, 1.82) is 0 Å². The Balaban J connectivity index is 1.98. The minimum atomic E-state index is -2.87. The third kappa shape index (κ3) is 8.31. The molecule has 1 unspecified atom stereocenters. The quantitative estimate of drug-likeness (QED) is 0.493. The Morgan fingerprint density at radius 2 is 2.05 bits per heavy atom. The molecule has 0 aliphatic carbocycles. The van der Waals surface area contributed by atoms with Crippen molar-refractivity contribution in [3.63, 3.8) is 0 Å². The zero-order chi connectivity index (χ0) is 15.7. The molecular formula is C13H23NO5S2. The highest BCUT2D eigenvalue weighted by Gasteiger charge is 2.28. The van der Waals surface area contributed by atoms with Gasteiger partial charge in [-0.25, -0.2) is 8.42 Å². The van der Waals surface area contributed by atoms with Gasteiger partial charge < -0.3 is 10.1 Å². The van der Waals surface area contributed by atoms with Crippen molar-refractivity contribution >= 4 is 33.5 Å². The maximum atomic E-state index is 11.6. The van der Waals surface area contributed by atoms with E-state index in [1.54, 1.807) is 0 Å². The standard InChI is InChI=1S/C13H23NO5S2/c1-19-13(16)5-3-2-4-7-14-12(15)9-20-11-6-8-21(17,18)10-11/h11H,2-10H2,1H3,(H,14,15). The van der Waals surface area contributed by atoms with Crippen molar-refractivity contribution in [2.24, 2.45) is 0 Å². The minimum absolute atomic E-state index is 0.0563. The first-order chi connectivity index (χ1) is 9.93. The lowest BCUT2D eigenvalue weighted by Crippen LogP contribution is -2.27. The molecule has 122 valence electrons. The summed E-state index contributed by atoms with van der Waals surface area (Å²) in [6, 6.07) is 0. The van der Waals surface area contributed by atoms with E-state index >= 15 is 0 Å². The maximum Gasteiger partial charge on any atom is 0.305 e. The lowest BCUT2D eigenvalue weighted by Gasteiger charge is -2.08. The summed E-state index contributed by atoms with van der Waals surface area (Å²) in [5.74, 6) is 0.479. The molecule has 8 heteroatoms. The summed E-state index contributed by atoms with van der Waals surface area (Å²) in [5, 5.41) is 2.86. The number of carbonyl (C=O) groups is 2. The molecule has 6 nitrogen and oxygen atoms in total. The fraction of sp³-hybridized carbons (Fsp3) is 0.846. The van der Waals surface area contributed by atoms with Gasteiger partial charge in [0, 0.05) is 18.2 Å². The van der Waals surface area contributed by atoms with Gasteiger partial charge in [0.2, 0.25) is 5.91 Å². The second kappa shape index (κ2) is 9.30. The molecular weight excluding hydrogens is 314 g/mol. The predicted octanol–water partition coefficient (Wildman–Crippen LogP) is 0.756. The molecule has 0 saturated carbocycles. The zero-order valence-electron chi connectivity index (χ0n) is 12.3. The molecule has 1 rings (SSSR count). The van der Waals surface area contributed by atoms with Crippen LogP contribution in [0, 0.1) is 0 Å². The molecule has 0 aromatic rings. The SMILES string of the molecule is COC(=O)CCCCCNC(=O)CSC1CCS(=O)(=O)C1. The van der Waals surface area contributed by atoms with Gasteiger partial charge in [-0.2, -0.15) is 0 Å². The van der Waals surface area contributed by atoms with Crippen LogP contribution < -0.4 is 5.32 Å². The van der Waals surface area contributed by atoms with Gasteiger partial charge in [-0.3, -0.25) is 9.59 Å². The number of amides is 1. The van der Waals surface area contributed by atoms with Gasteiger partial charge in [0.25, 0.3) is 0 Å². The van der Waals surface area contributed by atoms with Crippen LogP contribution in [0.1, 0.15) is 32.1 Å². The van der Waals surface area contributed by atoms with Gasteiger partial charge in [-0.1, -0.05) is 6.42 Å². The van der Waals surface area contributed by atoms with Crippen molar-refractivity contribution in [1.82, 2.24) is 5.32 Å². The Hall–Kier alpha value is -0.760. The van der Waals surface area contributed by atoms with E-state index < -0.39 is 9.84 Å². The molecule has 0 bridgehead atoms. The number of nitrogens with one attached hydrogen (secondary N) is 1. The number of carbonyl (C=O) groups excluding carboxylic acids is 2. The molecule has 0 radical (unpaired) electrons. The number of hydrogen-bond donors (Lipinski definition) is 1. The van der Waals surface area contributed by atoms with E-state index in [4.69, 9.17) is 0 Å². The first-order valence-electron chi connectivity index (χ1n) is 7.08. The van der Waals surface area contributed by atoms with Crippen LogP contribution in [-0.2, 0) is 24.2 Å². The van der Waals surface area contributed by atoms with Crippen LogP contribution in [0.3, 0.4) is 0 Å². The Kier molecular flexibility index (Phi) is 8.10. The van der Waals surface area contributed by atoms with Crippen molar-refractivity contribution in [2.45, 2.75) is 37.4 Å². The molecule has 1 fully saturated rings. The smallest absolute Gasteiger partial charge is 0.305 e. The average molecular weight is 337 g/mol. The van der Waals surface area contributed by atoms with Crippen LogP contribution in [-0.4, -0.2) is 56.5 Å². The Labute approximate surface area is 130 Å². The lowest BCUT2D eigenvalue weighted by molar-refractivity contribution is -0.140. The highest BCUT2D eigenvalue weighted by Crippen LogP contribution is 2.23. The Morgan fingerprint density at radius 1 is 1.29 bits per heavy atom. The van der Waals surface area contributed by atoms with Crippen LogP contribution in [0.4, 0.5) is 0 Å². The van der Waals surface area contributed by atoms with Crippen molar-refractivity contribution in [3.05, 3.63) is 0 Å². The van der Waals surface area contributed by atoms with Gasteiger partial charge in [0.1, 0.15) is 0 Å². The molecule has 1 saturated heterocycles. The molecule has 1 heterocycles. The molecule has 1 aliphatic rings. The van der Waals surface area contributed by atoms with Gasteiger partial charge in [-0.05, 0) is 19.3 Å². The molecule has 1 amide bonds.